The van der Waals surface area contributed by atoms with Gasteiger partial charge in [-0.1, -0.05) is 81.4 Å². The van der Waals surface area contributed by atoms with Crippen molar-refractivity contribution in [2.45, 2.75) is 70.4 Å². The second-order valence-corrected chi connectivity index (χ2v) is 15.2. The van der Waals surface area contributed by atoms with Crippen molar-refractivity contribution >= 4 is 26.3 Å². The minimum Gasteiger partial charge on any atom is -0.467 e. The van der Waals surface area contributed by atoms with Crippen LogP contribution in [-0.4, -0.2) is 52.1 Å². The fourth-order valence-electron chi connectivity index (χ4n) is 3.28. The predicted octanol–water partition coefficient (Wildman–Crippen LogP) is 4.59. The zero-order chi connectivity index (χ0) is 27.5. The average molecular weight is 529 g/mol. The Hall–Kier alpha value is -3.17. The van der Waals surface area contributed by atoms with Crippen LogP contribution in [0.3, 0.4) is 0 Å². The Balaban J connectivity index is 2.08. The Kier molecular flexibility index (Phi) is 11.3. The third-order valence-corrected chi connectivity index (χ3v) is 11.1. The van der Waals surface area contributed by atoms with Gasteiger partial charge in [0, 0.05) is 19.4 Å². The summed E-state index contributed by atoms with van der Waals surface area (Å²) in [5, 5.41) is 5.41. The lowest BCUT2D eigenvalue weighted by Crippen LogP contribution is -2.53. The van der Waals surface area contributed by atoms with E-state index in [0.29, 0.717) is 6.61 Å². The largest absolute Gasteiger partial charge is 0.467 e. The molecule has 0 unspecified atom stereocenters. The summed E-state index contributed by atoms with van der Waals surface area (Å²) in [4.78, 5) is 38.3. The Morgan fingerprint density at radius 1 is 0.865 bits per heavy atom. The number of alkyl carbamates (subject to hydrolysis) is 1. The first-order valence-electron chi connectivity index (χ1n) is 12.5. The molecule has 0 aliphatic rings. The van der Waals surface area contributed by atoms with Gasteiger partial charge in [-0.2, -0.15) is 0 Å². The maximum atomic E-state index is 13.3. The van der Waals surface area contributed by atoms with E-state index in [2.05, 4.69) is 44.5 Å². The lowest BCUT2D eigenvalue weighted by atomic mass is 10.0. The predicted molar refractivity (Wildman–Crippen MR) is 145 cm³/mol. The van der Waals surface area contributed by atoms with Gasteiger partial charge in [0.2, 0.25) is 5.91 Å². The molecule has 0 aromatic heterocycles. The molecule has 0 spiro atoms. The average Bonchev–Trinajstić information content (AvgIpc) is 2.86. The van der Waals surface area contributed by atoms with Gasteiger partial charge >= 0.3 is 12.1 Å². The first-order chi connectivity index (χ1) is 17.4. The highest BCUT2D eigenvalue weighted by Gasteiger charge is 2.37. The van der Waals surface area contributed by atoms with Crippen LogP contribution in [-0.2, 0) is 36.5 Å². The van der Waals surface area contributed by atoms with Crippen LogP contribution >= 0.6 is 0 Å². The van der Waals surface area contributed by atoms with E-state index in [0.717, 1.165) is 11.1 Å². The Labute approximate surface area is 221 Å². The smallest absolute Gasteiger partial charge is 0.408 e. The summed E-state index contributed by atoms with van der Waals surface area (Å²) in [6, 6.07) is 16.7. The number of esters is 1. The first-order valence-corrected chi connectivity index (χ1v) is 15.4. The second-order valence-electron chi connectivity index (χ2n) is 10.4. The fourth-order valence-corrected chi connectivity index (χ4v) is 4.34. The molecule has 0 fully saturated rings. The van der Waals surface area contributed by atoms with Crippen LogP contribution in [0, 0.1) is 0 Å². The van der Waals surface area contributed by atoms with Crippen molar-refractivity contribution in [3.05, 3.63) is 71.8 Å². The van der Waals surface area contributed by atoms with Crippen molar-refractivity contribution in [2.24, 2.45) is 0 Å². The molecular weight excluding hydrogens is 488 g/mol. The molecule has 2 atom stereocenters. The van der Waals surface area contributed by atoms with Gasteiger partial charge in [0.15, 0.2) is 8.32 Å². The lowest BCUT2D eigenvalue weighted by molar-refractivity contribution is -0.145. The van der Waals surface area contributed by atoms with Crippen LogP contribution in [0.15, 0.2) is 60.7 Å². The second kappa shape index (κ2) is 13.9. The number of benzene rings is 2. The number of carbonyl (C=O) groups excluding carboxylic acids is 3. The van der Waals surface area contributed by atoms with E-state index in [4.69, 9.17) is 13.9 Å². The highest BCUT2D eigenvalue weighted by atomic mass is 28.4. The van der Waals surface area contributed by atoms with Gasteiger partial charge in [-0.25, -0.2) is 9.59 Å². The number of methoxy groups -OCH3 is 1. The van der Waals surface area contributed by atoms with Crippen molar-refractivity contribution in [1.29, 1.82) is 0 Å². The molecule has 8 nitrogen and oxygen atoms in total. The van der Waals surface area contributed by atoms with Gasteiger partial charge < -0.3 is 24.5 Å². The third-order valence-electron chi connectivity index (χ3n) is 6.58. The van der Waals surface area contributed by atoms with Gasteiger partial charge in [0.1, 0.15) is 18.7 Å². The number of nitrogens with one attached hydrogen (secondary N) is 2. The van der Waals surface area contributed by atoms with E-state index >= 15 is 0 Å². The van der Waals surface area contributed by atoms with E-state index in [1.807, 2.05) is 60.7 Å². The molecule has 0 bridgehead atoms. The molecule has 9 heteroatoms. The fraction of sp³-hybridized carbons (Fsp3) is 0.464. The van der Waals surface area contributed by atoms with E-state index < -0.39 is 38.4 Å². The molecule has 0 radical (unpaired) electrons. The van der Waals surface area contributed by atoms with E-state index in [9.17, 15) is 14.4 Å². The summed E-state index contributed by atoms with van der Waals surface area (Å²) in [7, 11) is -0.752. The van der Waals surface area contributed by atoms with E-state index in [1.54, 1.807) is 0 Å². The molecule has 0 aliphatic carbocycles. The lowest BCUT2D eigenvalue weighted by Gasteiger charge is -2.36. The van der Waals surface area contributed by atoms with Crippen LogP contribution in [0.2, 0.25) is 18.1 Å². The number of hydrogen-bond donors (Lipinski definition) is 2. The van der Waals surface area contributed by atoms with Gasteiger partial charge in [-0.05, 0) is 29.3 Å². The third kappa shape index (κ3) is 10.0. The van der Waals surface area contributed by atoms with Crippen LogP contribution in [0.4, 0.5) is 4.79 Å². The summed E-state index contributed by atoms with van der Waals surface area (Å²) in [6.45, 7) is 11.0. The van der Waals surface area contributed by atoms with Crippen molar-refractivity contribution in [3.63, 3.8) is 0 Å². The molecule has 0 heterocycles. The summed E-state index contributed by atoms with van der Waals surface area (Å²) in [6.07, 6.45) is -0.251. The minimum atomic E-state index is -2.03. The van der Waals surface area contributed by atoms with E-state index in [-0.39, 0.29) is 24.5 Å². The molecule has 0 saturated heterocycles. The van der Waals surface area contributed by atoms with Gasteiger partial charge in [-0.15, -0.1) is 0 Å². The van der Waals surface area contributed by atoms with Crippen LogP contribution in [0.25, 0.3) is 0 Å². The topological polar surface area (TPSA) is 103 Å². The van der Waals surface area contributed by atoms with Crippen LogP contribution < -0.4 is 10.6 Å². The normalized spacial score (nSPS) is 13.2. The molecule has 2 aromatic carbocycles. The molecule has 2 N–H and O–H groups in total. The molecular formula is C28H40N2O6Si. The van der Waals surface area contributed by atoms with Crippen molar-refractivity contribution in [2.75, 3.05) is 13.7 Å². The first kappa shape index (κ1) is 30.1. The number of ether oxygens (including phenoxy) is 2. The number of rotatable bonds is 12. The van der Waals surface area contributed by atoms with Gasteiger partial charge in [0.25, 0.3) is 0 Å². The van der Waals surface area contributed by atoms with Crippen LogP contribution in [0.5, 0.6) is 0 Å². The molecule has 2 aromatic rings. The monoisotopic (exact) mass is 528 g/mol. The van der Waals surface area contributed by atoms with Crippen molar-refractivity contribution < 1.29 is 28.3 Å². The standard InChI is InChI=1S/C28H40N2O6Si/c1-28(2,3)37(5,6)36-18-17-23(26(32)34-4)29-25(31)24(19-21-13-9-7-10-14-21)30-27(33)35-20-22-15-11-8-12-16-22/h7-16,23-24H,17-20H2,1-6H3,(H,29,31)(H,30,33)/t23-,24+/m0/s1. The maximum Gasteiger partial charge on any atom is 0.408 e. The minimum absolute atomic E-state index is 0.0157. The number of carbonyl (C=O) groups is 3. The zero-order valence-electron chi connectivity index (χ0n) is 22.7. The Bertz CT molecular complexity index is 1010. The molecule has 0 saturated carbocycles. The van der Waals surface area contributed by atoms with E-state index in [1.165, 1.54) is 7.11 Å². The number of hydrogen-bond acceptors (Lipinski definition) is 6. The Morgan fingerprint density at radius 2 is 1.43 bits per heavy atom. The molecule has 0 aliphatic heterocycles. The maximum absolute atomic E-state index is 13.3. The van der Waals surface area contributed by atoms with Gasteiger partial charge in [-0.3, -0.25) is 4.79 Å². The van der Waals surface area contributed by atoms with Crippen molar-refractivity contribution in [1.82, 2.24) is 10.6 Å². The Morgan fingerprint density at radius 3 is 1.97 bits per heavy atom. The quantitative estimate of drug-likeness (QED) is 0.308. The summed E-state index contributed by atoms with van der Waals surface area (Å²) < 4.78 is 16.4. The summed E-state index contributed by atoms with van der Waals surface area (Å²) >= 11 is 0. The highest BCUT2D eigenvalue weighted by molar-refractivity contribution is 6.74. The molecule has 2 rings (SSSR count). The molecule has 202 valence electrons. The number of amides is 2. The van der Waals surface area contributed by atoms with Crippen molar-refractivity contribution in [3.8, 4) is 0 Å². The highest BCUT2D eigenvalue weighted by Crippen LogP contribution is 2.36. The SMILES string of the molecule is COC(=O)[C@H](CCO[Si](C)(C)C(C)(C)C)NC(=O)[C@@H](Cc1ccccc1)NC(=O)OCc1ccccc1. The molecule has 2 amide bonds. The van der Waals surface area contributed by atoms with Crippen LogP contribution in [0.1, 0.15) is 38.3 Å². The summed E-state index contributed by atoms with van der Waals surface area (Å²) in [5.41, 5.74) is 1.68. The molecule has 37 heavy (non-hydrogen) atoms. The van der Waals surface area contributed by atoms with Gasteiger partial charge in [0.05, 0.1) is 7.11 Å². The summed E-state index contributed by atoms with van der Waals surface area (Å²) in [5.74, 6) is -1.08. The zero-order valence-corrected chi connectivity index (χ0v) is 23.7.